The third kappa shape index (κ3) is 4.86. The Hall–Kier alpha value is -1.84. The molecule has 0 saturated heterocycles. The van der Waals surface area contributed by atoms with Gasteiger partial charge in [0.1, 0.15) is 0 Å². The molecule has 0 fully saturated rings. The number of hydrogen-bond donors (Lipinski definition) is 2. The predicted octanol–water partition coefficient (Wildman–Crippen LogP) is 3.44. The molecule has 0 aliphatic carbocycles. The molecular formula is C18H23ClN2O. The van der Waals surface area contributed by atoms with Crippen molar-refractivity contribution in [3.63, 3.8) is 0 Å². The lowest BCUT2D eigenvalue weighted by molar-refractivity contribution is -0.123. The fourth-order valence-corrected chi connectivity index (χ4v) is 2.34. The molecule has 0 spiro atoms. The maximum atomic E-state index is 12.3. The molecule has 0 aromatic heterocycles. The van der Waals surface area contributed by atoms with Crippen LogP contribution in [0.4, 0.5) is 0 Å². The van der Waals surface area contributed by atoms with Crippen molar-refractivity contribution >= 4 is 18.3 Å². The molecule has 0 saturated carbocycles. The predicted molar refractivity (Wildman–Crippen MR) is 93.0 cm³/mol. The van der Waals surface area contributed by atoms with Gasteiger partial charge >= 0.3 is 0 Å². The monoisotopic (exact) mass is 318 g/mol. The highest BCUT2D eigenvalue weighted by Gasteiger charge is 2.20. The topological polar surface area (TPSA) is 55.1 Å². The van der Waals surface area contributed by atoms with E-state index in [4.69, 9.17) is 5.73 Å². The Balaban J connectivity index is 0.00000242. The van der Waals surface area contributed by atoms with E-state index in [0.717, 1.165) is 17.5 Å². The average Bonchev–Trinajstić information content (AvgIpc) is 2.54. The Morgan fingerprint density at radius 1 is 1.00 bits per heavy atom. The van der Waals surface area contributed by atoms with Gasteiger partial charge in [0.2, 0.25) is 5.91 Å². The van der Waals surface area contributed by atoms with Crippen molar-refractivity contribution in [3.05, 3.63) is 71.8 Å². The maximum absolute atomic E-state index is 12.3. The Bertz CT molecular complexity index is 520. The minimum atomic E-state index is -0.454. The summed E-state index contributed by atoms with van der Waals surface area (Å²) in [6.07, 6.45) is 1.60. The van der Waals surface area contributed by atoms with Crippen LogP contribution in [-0.2, 0) is 4.79 Å². The van der Waals surface area contributed by atoms with E-state index in [1.165, 1.54) is 0 Å². The summed E-state index contributed by atoms with van der Waals surface area (Å²) in [5.74, 6) is -0.102. The number of hydrogen-bond acceptors (Lipinski definition) is 2. The Kier molecular flexibility index (Phi) is 7.64. The average molecular weight is 319 g/mol. The summed E-state index contributed by atoms with van der Waals surface area (Å²) in [4.78, 5) is 12.3. The first kappa shape index (κ1) is 18.2. The number of nitrogens with two attached hydrogens (primary N) is 1. The summed E-state index contributed by atoms with van der Waals surface area (Å²) < 4.78 is 0. The van der Waals surface area contributed by atoms with Crippen molar-refractivity contribution in [2.24, 2.45) is 5.73 Å². The second-order valence-electron chi connectivity index (χ2n) is 5.16. The maximum Gasteiger partial charge on any atom is 0.237 e. The molecule has 1 atom stereocenters. The van der Waals surface area contributed by atoms with Gasteiger partial charge in [0.15, 0.2) is 0 Å². The van der Waals surface area contributed by atoms with Crippen LogP contribution in [0.15, 0.2) is 60.7 Å². The molecule has 2 rings (SSSR count). The number of benzene rings is 2. The van der Waals surface area contributed by atoms with E-state index in [1.807, 2.05) is 67.6 Å². The number of rotatable bonds is 6. The molecule has 2 aromatic carbocycles. The summed E-state index contributed by atoms with van der Waals surface area (Å²) in [6, 6.07) is 19.3. The summed E-state index contributed by atoms with van der Waals surface area (Å²) in [6.45, 7) is 2.03. The van der Waals surface area contributed by atoms with Crippen molar-refractivity contribution in [1.82, 2.24) is 5.32 Å². The normalized spacial score (nSPS) is 11.6. The second-order valence-corrected chi connectivity index (χ2v) is 5.16. The fourth-order valence-electron chi connectivity index (χ4n) is 2.34. The van der Waals surface area contributed by atoms with Crippen LogP contribution in [0.1, 0.15) is 36.9 Å². The zero-order valence-corrected chi connectivity index (χ0v) is 13.6. The van der Waals surface area contributed by atoms with E-state index in [-0.39, 0.29) is 24.4 Å². The summed E-state index contributed by atoms with van der Waals surface area (Å²) in [5, 5.41) is 3.07. The van der Waals surface area contributed by atoms with Gasteiger partial charge in [0.25, 0.3) is 0 Å². The largest absolute Gasteiger partial charge is 0.344 e. The van der Waals surface area contributed by atoms with E-state index >= 15 is 0 Å². The van der Waals surface area contributed by atoms with Gasteiger partial charge in [-0.2, -0.15) is 0 Å². The van der Waals surface area contributed by atoms with Gasteiger partial charge in [-0.25, -0.2) is 0 Å². The zero-order valence-electron chi connectivity index (χ0n) is 12.7. The Morgan fingerprint density at radius 3 is 1.86 bits per heavy atom. The van der Waals surface area contributed by atoms with Gasteiger partial charge in [-0.1, -0.05) is 74.0 Å². The van der Waals surface area contributed by atoms with Crippen LogP contribution in [0.25, 0.3) is 0 Å². The van der Waals surface area contributed by atoms with Gasteiger partial charge < -0.3 is 11.1 Å². The number of nitrogens with one attached hydrogen (secondary N) is 1. The number of amides is 1. The van der Waals surface area contributed by atoms with Crippen LogP contribution < -0.4 is 11.1 Å². The minimum Gasteiger partial charge on any atom is -0.344 e. The molecule has 118 valence electrons. The third-order valence-electron chi connectivity index (χ3n) is 3.49. The standard InChI is InChI=1S/C18H22N2O.ClH/c1-2-9-16(19)18(21)20-17(14-10-5-3-6-11-14)15-12-7-4-8-13-15;/h3-8,10-13,16-17H,2,9,19H2,1H3,(H,20,21);1H. The van der Waals surface area contributed by atoms with Crippen LogP contribution in [0.2, 0.25) is 0 Å². The molecule has 2 aromatic rings. The molecule has 1 amide bonds. The van der Waals surface area contributed by atoms with E-state index in [2.05, 4.69) is 5.32 Å². The first-order valence-electron chi connectivity index (χ1n) is 7.38. The molecular weight excluding hydrogens is 296 g/mol. The van der Waals surface area contributed by atoms with Gasteiger partial charge in [0, 0.05) is 0 Å². The van der Waals surface area contributed by atoms with Gasteiger partial charge in [-0.05, 0) is 17.5 Å². The van der Waals surface area contributed by atoms with E-state index in [1.54, 1.807) is 0 Å². The van der Waals surface area contributed by atoms with Gasteiger partial charge in [-0.3, -0.25) is 4.79 Å². The number of carbonyl (C=O) groups is 1. The van der Waals surface area contributed by atoms with Crippen LogP contribution in [0.3, 0.4) is 0 Å². The van der Waals surface area contributed by atoms with Crippen LogP contribution in [0.5, 0.6) is 0 Å². The van der Waals surface area contributed by atoms with Gasteiger partial charge in [0.05, 0.1) is 12.1 Å². The van der Waals surface area contributed by atoms with Gasteiger partial charge in [-0.15, -0.1) is 12.4 Å². The highest BCUT2D eigenvalue weighted by molar-refractivity contribution is 5.85. The zero-order chi connectivity index (χ0) is 15.1. The minimum absolute atomic E-state index is 0. The molecule has 0 aliphatic rings. The lowest BCUT2D eigenvalue weighted by Crippen LogP contribution is -2.42. The smallest absolute Gasteiger partial charge is 0.237 e. The summed E-state index contributed by atoms with van der Waals surface area (Å²) in [7, 11) is 0. The lowest BCUT2D eigenvalue weighted by Gasteiger charge is -2.22. The van der Waals surface area contributed by atoms with E-state index < -0.39 is 6.04 Å². The van der Waals surface area contributed by atoms with E-state index in [0.29, 0.717) is 6.42 Å². The molecule has 4 heteroatoms. The number of halogens is 1. The lowest BCUT2D eigenvalue weighted by atomic mass is 9.98. The molecule has 0 heterocycles. The highest BCUT2D eigenvalue weighted by atomic mass is 35.5. The molecule has 3 nitrogen and oxygen atoms in total. The third-order valence-corrected chi connectivity index (χ3v) is 3.49. The van der Waals surface area contributed by atoms with E-state index in [9.17, 15) is 4.79 Å². The van der Waals surface area contributed by atoms with Crippen molar-refractivity contribution in [3.8, 4) is 0 Å². The van der Waals surface area contributed by atoms with Crippen LogP contribution in [-0.4, -0.2) is 11.9 Å². The summed E-state index contributed by atoms with van der Waals surface area (Å²) >= 11 is 0. The van der Waals surface area contributed by atoms with Crippen LogP contribution in [0, 0.1) is 0 Å². The van der Waals surface area contributed by atoms with Crippen molar-refractivity contribution < 1.29 is 4.79 Å². The molecule has 3 N–H and O–H groups in total. The number of carbonyl (C=O) groups excluding carboxylic acids is 1. The second kappa shape index (κ2) is 9.23. The first-order valence-corrected chi connectivity index (χ1v) is 7.38. The molecule has 0 aliphatic heterocycles. The van der Waals surface area contributed by atoms with Crippen molar-refractivity contribution in [2.75, 3.05) is 0 Å². The van der Waals surface area contributed by atoms with Crippen molar-refractivity contribution in [1.29, 1.82) is 0 Å². The quantitative estimate of drug-likeness (QED) is 0.857. The first-order chi connectivity index (χ1) is 10.2. The molecule has 1 unspecified atom stereocenters. The molecule has 0 radical (unpaired) electrons. The fraction of sp³-hybridized carbons (Fsp3) is 0.278. The van der Waals surface area contributed by atoms with Crippen LogP contribution >= 0.6 is 12.4 Å². The van der Waals surface area contributed by atoms with Crippen molar-refractivity contribution in [2.45, 2.75) is 31.8 Å². The molecule has 0 bridgehead atoms. The summed E-state index contributed by atoms with van der Waals surface area (Å²) in [5.41, 5.74) is 8.03. The highest BCUT2D eigenvalue weighted by Crippen LogP contribution is 2.21. The SMILES string of the molecule is CCCC(N)C(=O)NC(c1ccccc1)c1ccccc1.Cl. The Labute approximate surface area is 138 Å². The molecule has 22 heavy (non-hydrogen) atoms. The Morgan fingerprint density at radius 2 is 1.45 bits per heavy atom.